The molecule has 0 saturated carbocycles. The first-order valence-electron chi connectivity index (χ1n) is 5.16. The van der Waals surface area contributed by atoms with Crippen molar-refractivity contribution >= 4 is 43.2 Å². The number of fused-ring (bicyclic) bond motifs is 2. The van der Waals surface area contributed by atoms with Crippen LogP contribution in [0.15, 0.2) is 45.3 Å². The first-order chi connectivity index (χ1) is 8.15. The molecule has 0 spiro atoms. The van der Waals surface area contributed by atoms with E-state index < -0.39 is 0 Å². The molecule has 1 heterocycles. The Labute approximate surface area is 116 Å². The van der Waals surface area contributed by atoms with Crippen molar-refractivity contribution in [3.05, 3.63) is 45.3 Å². The second-order valence-electron chi connectivity index (χ2n) is 3.89. The van der Waals surface area contributed by atoms with Crippen LogP contribution < -0.4 is 9.64 Å². The van der Waals surface area contributed by atoms with Gasteiger partial charge in [-0.1, -0.05) is 31.9 Å². The lowest BCUT2D eigenvalue weighted by Gasteiger charge is -2.29. The SMILES string of the molecule is CN1c2ccc(Br)cc2Oc2ccc(Br)cc21. The Morgan fingerprint density at radius 2 is 1.59 bits per heavy atom. The summed E-state index contributed by atoms with van der Waals surface area (Å²) in [5.41, 5.74) is 2.13. The minimum Gasteiger partial charge on any atom is -0.453 e. The van der Waals surface area contributed by atoms with E-state index in [0.717, 1.165) is 31.8 Å². The summed E-state index contributed by atoms with van der Waals surface area (Å²) in [6, 6.07) is 12.1. The molecule has 0 aliphatic carbocycles. The summed E-state index contributed by atoms with van der Waals surface area (Å²) in [7, 11) is 2.04. The van der Waals surface area contributed by atoms with Crippen LogP contribution in [0.25, 0.3) is 0 Å². The normalized spacial score (nSPS) is 12.8. The van der Waals surface area contributed by atoms with Gasteiger partial charge < -0.3 is 9.64 Å². The Bertz CT molecular complexity index is 598. The van der Waals surface area contributed by atoms with Crippen molar-refractivity contribution in [2.75, 3.05) is 11.9 Å². The third-order valence-electron chi connectivity index (χ3n) is 2.79. The lowest BCUT2D eigenvalue weighted by atomic mass is 10.2. The van der Waals surface area contributed by atoms with Crippen LogP contribution in [0, 0.1) is 0 Å². The summed E-state index contributed by atoms with van der Waals surface area (Å²) >= 11 is 6.94. The highest BCUT2D eigenvalue weighted by Gasteiger charge is 2.21. The van der Waals surface area contributed by atoms with Crippen LogP contribution in [-0.2, 0) is 0 Å². The molecular weight excluding hydrogens is 346 g/mol. The Balaban J connectivity index is 2.17. The number of nitrogens with zero attached hydrogens (tertiary/aromatic N) is 1. The highest BCUT2D eigenvalue weighted by molar-refractivity contribution is 9.10. The zero-order valence-corrected chi connectivity index (χ0v) is 12.2. The molecule has 0 N–H and O–H groups in total. The van der Waals surface area contributed by atoms with Gasteiger partial charge in [-0.3, -0.25) is 0 Å². The largest absolute Gasteiger partial charge is 0.453 e. The standard InChI is InChI=1S/C13H9Br2NO/c1-16-10-4-2-9(15)7-13(10)17-12-5-3-8(14)6-11(12)16/h2-7H,1H3. The minimum absolute atomic E-state index is 0.872. The zero-order chi connectivity index (χ0) is 12.0. The van der Waals surface area contributed by atoms with Gasteiger partial charge in [0.15, 0.2) is 11.5 Å². The van der Waals surface area contributed by atoms with Crippen molar-refractivity contribution in [3.63, 3.8) is 0 Å². The lowest BCUT2D eigenvalue weighted by molar-refractivity contribution is 0.475. The average Bonchev–Trinajstić information content (AvgIpc) is 2.30. The molecule has 1 aliphatic rings. The van der Waals surface area contributed by atoms with Crippen LogP contribution in [0.5, 0.6) is 11.5 Å². The maximum absolute atomic E-state index is 5.89. The summed E-state index contributed by atoms with van der Waals surface area (Å²) < 4.78 is 7.96. The molecule has 4 heteroatoms. The van der Waals surface area contributed by atoms with Gasteiger partial charge in [-0.25, -0.2) is 0 Å². The lowest BCUT2D eigenvalue weighted by Crippen LogP contribution is -2.15. The monoisotopic (exact) mass is 353 g/mol. The molecule has 86 valence electrons. The number of hydrogen-bond acceptors (Lipinski definition) is 2. The highest BCUT2D eigenvalue weighted by Crippen LogP contribution is 2.47. The molecule has 0 aromatic heterocycles. The third kappa shape index (κ3) is 1.85. The van der Waals surface area contributed by atoms with E-state index in [1.54, 1.807) is 0 Å². The van der Waals surface area contributed by atoms with Gasteiger partial charge in [-0.05, 0) is 36.4 Å². The fraction of sp³-hybridized carbons (Fsp3) is 0.0769. The van der Waals surface area contributed by atoms with Crippen LogP contribution in [0.4, 0.5) is 11.4 Å². The molecule has 0 amide bonds. The zero-order valence-electron chi connectivity index (χ0n) is 9.08. The van der Waals surface area contributed by atoms with Gasteiger partial charge in [-0.2, -0.15) is 0 Å². The van der Waals surface area contributed by atoms with Crippen molar-refractivity contribution in [2.45, 2.75) is 0 Å². The second-order valence-corrected chi connectivity index (χ2v) is 5.72. The van der Waals surface area contributed by atoms with E-state index in [2.05, 4.69) is 42.8 Å². The molecule has 0 fully saturated rings. The molecule has 0 saturated heterocycles. The molecule has 17 heavy (non-hydrogen) atoms. The van der Waals surface area contributed by atoms with Crippen LogP contribution >= 0.6 is 31.9 Å². The number of ether oxygens (including phenoxy) is 1. The number of anilines is 2. The van der Waals surface area contributed by atoms with Crippen LogP contribution in [-0.4, -0.2) is 7.05 Å². The van der Waals surface area contributed by atoms with Crippen molar-refractivity contribution in [3.8, 4) is 11.5 Å². The summed E-state index contributed by atoms with van der Waals surface area (Å²) in [5, 5.41) is 0. The van der Waals surface area contributed by atoms with Gasteiger partial charge in [0.05, 0.1) is 11.4 Å². The van der Waals surface area contributed by atoms with Crippen molar-refractivity contribution in [1.29, 1.82) is 0 Å². The Morgan fingerprint density at radius 3 is 2.41 bits per heavy atom. The Kier molecular flexibility index (Phi) is 2.64. The smallest absolute Gasteiger partial charge is 0.152 e. The van der Waals surface area contributed by atoms with E-state index in [1.165, 1.54) is 0 Å². The fourth-order valence-corrected chi connectivity index (χ4v) is 2.62. The minimum atomic E-state index is 0.872. The molecule has 2 aromatic carbocycles. The maximum Gasteiger partial charge on any atom is 0.152 e. The van der Waals surface area contributed by atoms with Crippen LogP contribution in [0.3, 0.4) is 0 Å². The molecule has 0 radical (unpaired) electrons. The topological polar surface area (TPSA) is 12.5 Å². The quantitative estimate of drug-likeness (QED) is 0.653. The van der Waals surface area contributed by atoms with Crippen molar-refractivity contribution in [1.82, 2.24) is 0 Å². The van der Waals surface area contributed by atoms with Gasteiger partial charge in [-0.15, -0.1) is 0 Å². The van der Waals surface area contributed by atoms with E-state index in [9.17, 15) is 0 Å². The van der Waals surface area contributed by atoms with Crippen molar-refractivity contribution < 1.29 is 4.74 Å². The molecule has 2 nitrogen and oxygen atoms in total. The average molecular weight is 355 g/mol. The van der Waals surface area contributed by atoms with Gasteiger partial charge in [0.1, 0.15) is 0 Å². The predicted molar refractivity (Wildman–Crippen MR) is 76.4 cm³/mol. The maximum atomic E-state index is 5.89. The molecular formula is C13H9Br2NO. The van der Waals surface area contributed by atoms with Gasteiger partial charge in [0, 0.05) is 16.0 Å². The van der Waals surface area contributed by atoms with Gasteiger partial charge in [0.2, 0.25) is 0 Å². The summed E-state index contributed by atoms with van der Waals surface area (Å²) in [6.45, 7) is 0. The molecule has 0 atom stereocenters. The summed E-state index contributed by atoms with van der Waals surface area (Å²) in [4.78, 5) is 2.13. The molecule has 3 rings (SSSR count). The number of halogens is 2. The van der Waals surface area contributed by atoms with E-state index >= 15 is 0 Å². The van der Waals surface area contributed by atoms with Gasteiger partial charge in [0.25, 0.3) is 0 Å². The summed E-state index contributed by atoms with van der Waals surface area (Å²) in [6.07, 6.45) is 0. The molecule has 0 unspecified atom stereocenters. The fourth-order valence-electron chi connectivity index (χ4n) is 1.93. The van der Waals surface area contributed by atoms with E-state index in [0.29, 0.717) is 0 Å². The van der Waals surface area contributed by atoms with E-state index in [4.69, 9.17) is 4.74 Å². The number of rotatable bonds is 0. The third-order valence-corrected chi connectivity index (χ3v) is 3.77. The molecule has 2 aromatic rings. The first kappa shape index (κ1) is 11.1. The molecule has 0 bridgehead atoms. The highest BCUT2D eigenvalue weighted by atomic mass is 79.9. The van der Waals surface area contributed by atoms with E-state index in [1.807, 2.05) is 37.4 Å². The van der Waals surface area contributed by atoms with E-state index in [-0.39, 0.29) is 0 Å². The number of benzene rings is 2. The second kappa shape index (κ2) is 4.03. The summed E-state index contributed by atoms with van der Waals surface area (Å²) in [5.74, 6) is 1.75. The van der Waals surface area contributed by atoms with Gasteiger partial charge >= 0.3 is 0 Å². The number of hydrogen-bond donors (Lipinski definition) is 0. The first-order valence-corrected chi connectivity index (χ1v) is 6.74. The van der Waals surface area contributed by atoms with Crippen molar-refractivity contribution in [2.24, 2.45) is 0 Å². The predicted octanol–water partition coefficient (Wildman–Crippen LogP) is 5.09. The molecule has 1 aliphatic heterocycles. The Hall–Kier alpha value is -1.00. The Morgan fingerprint density at radius 1 is 0.882 bits per heavy atom. The van der Waals surface area contributed by atoms with Crippen LogP contribution in [0.1, 0.15) is 0 Å². The van der Waals surface area contributed by atoms with Crippen LogP contribution in [0.2, 0.25) is 0 Å².